The summed E-state index contributed by atoms with van der Waals surface area (Å²) >= 11 is 0. The lowest BCUT2D eigenvalue weighted by molar-refractivity contribution is -0.177. The molecule has 6 heteroatoms. The van der Waals surface area contributed by atoms with Crippen LogP contribution in [0.15, 0.2) is 11.5 Å². The van der Waals surface area contributed by atoms with Crippen molar-refractivity contribution in [2.45, 2.75) is 57.8 Å². The Labute approximate surface area is 119 Å². The fraction of sp³-hybridized carbons (Fsp3) is 0.786. The van der Waals surface area contributed by atoms with E-state index in [9.17, 15) is 15.0 Å². The summed E-state index contributed by atoms with van der Waals surface area (Å²) in [5, 5.41) is 27.8. The van der Waals surface area contributed by atoms with Gasteiger partial charge in [0, 0.05) is 0 Å². The van der Waals surface area contributed by atoms with Crippen molar-refractivity contribution in [3.05, 3.63) is 11.5 Å². The van der Waals surface area contributed by atoms with Crippen LogP contribution >= 0.6 is 0 Å². The van der Waals surface area contributed by atoms with Gasteiger partial charge in [0.2, 0.25) is 5.78 Å². The number of hydrogen-bond acceptors (Lipinski definition) is 6. The fourth-order valence-corrected chi connectivity index (χ4v) is 1.97. The van der Waals surface area contributed by atoms with Gasteiger partial charge < -0.3 is 24.8 Å². The van der Waals surface area contributed by atoms with Crippen molar-refractivity contribution in [2.24, 2.45) is 0 Å². The van der Waals surface area contributed by atoms with Gasteiger partial charge in [-0.2, -0.15) is 0 Å². The highest BCUT2D eigenvalue weighted by Crippen LogP contribution is 2.20. The fourth-order valence-electron chi connectivity index (χ4n) is 1.97. The average molecular weight is 288 g/mol. The molecule has 0 radical (unpaired) electrons. The van der Waals surface area contributed by atoms with Gasteiger partial charge in [-0.3, -0.25) is 4.79 Å². The lowest BCUT2D eigenvalue weighted by Crippen LogP contribution is -2.42. The molecule has 0 aromatic heterocycles. The molecule has 1 aliphatic heterocycles. The molecule has 2 atom stereocenters. The van der Waals surface area contributed by atoms with E-state index in [0.29, 0.717) is 6.61 Å². The number of carbonyl (C=O) groups is 1. The third-order valence-corrected chi connectivity index (χ3v) is 3.21. The highest BCUT2D eigenvalue weighted by atomic mass is 16.7. The van der Waals surface area contributed by atoms with Crippen molar-refractivity contribution in [3.8, 4) is 0 Å². The maximum Gasteiger partial charge on any atom is 0.263 e. The summed E-state index contributed by atoms with van der Waals surface area (Å²) in [6.07, 6.45) is 3.62. The van der Waals surface area contributed by atoms with Crippen LogP contribution in [-0.4, -0.2) is 46.7 Å². The van der Waals surface area contributed by atoms with Crippen LogP contribution in [-0.2, 0) is 14.3 Å². The molecule has 1 rings (SSSR count). The van der Waals surface area contributed by atoms with E-state index in [1.54, 1.807) is 0 Å². The predicted octanol–water partition coefficient (Wildman–Crippen LogP) is 1.41. The smallest absolute Gasteiger partial charge is 0.263 e. The van der Waals surface area contributed by atoms with E-state index in [2.05, 4.69) is 6.92 Å². The Morgan fingerprint density at radius 1 is 1.20 bits per heavy atom. The third-order valence-electron chi connectivity index (χ3n) is 3.21. The largest absolute Gasteiger partial charge is 0.506 e. The molecule has 0 spiro atoms. The normalized spacial score (nSPS) is 23.1. The molecule has 0 aromatic rings. The Bertz CT molecular complexity index is 339. The van der Waals surface area contributed by atoms with Crippen LogP contribution in [0.25, 0.3) is 0 Å². The molecule has 0 saturated carbocycles. The maximum absolute atomic E-state index is 11.6. The summed E-state index contributed by atoms with van der Waals surface area (Å²) in [6.45, 7) is 1.91. The van der Waals surface area contributed by atoms with Crippen LogP contribution in [0.5, 0.6) is 0 Å². The van der Waals surface area contributed by atoms with Gasteiger partial charge in [0.05, 0.1) is 6.61 Å². The van der Waals surface area contributed by atoms with E-state index in [4.69, 9.17) is 14.6 Å². The first kappa shape index (κ1) is 16.9. The quantitative estimate of drug-likeness (QED) is 0.555. The molecule has 0 amide bonds. The molecular weight excluding hydrogens is 264 g/mol. The van der Waals surface area contributed by atoms with Crippen LogP contribution in [0.2, 0.25) is 0 Å². The predicted molar refractivity (Wildman–Crippen MR) is 72.0 cm³/mol. The molecule has 1 heterocycles. The van der Waals surface area contributed by atoms with E-state index >= 15 is 0 Å². The Hall–Kier alpha value is -1.11. The summed E-state index contributed by atoms with van der Waals surface area (Å²) in [6, 6.07) is 0. The third kappa shape index (κ3) is 4.77. The molecule has 0 fully saturated rings. The second kappa shape index (κ2) is 8.94. The molecule has 0 aliphatic carbocycles. The van der Waals surface area contributed by atoms with Gasteiger partial charge in [0.1, 0.15) is 6.61 Å². The van der Waals surface area contributed by atoms with E-state index in [-0.39, 0.29) is 5.76 Å². The zero-order valence-corrected chi connectivity index (χ0v) is 11.9. The van der Waals surface area contributed by atoms with Crippen LogP contribution in [0.4, 0.5) is 0 Å². The first-order valence-corrected chi connectivity index (χ1v) is 7.14. The zero-order chi connectivity index (χ0) is 15.0. The maximum atomic E-state index is 11.6. The Kier molecular flexibility index (Phi) is 7.58. The Morgan fingerprint density at radius 3 is 2.50 bits per heavy atom. The summed E-state index contributed by atoms with van der Waals surface area (Å²) < 4.78 is 10.3. The van der Waals surface area contributed by atoms with Crippen LogP contribution in [0.1, 0.15) is 45.4 Å². The van der Waals surface area contributed by atoms with Gasteiger partial charge in [-0.1, -0.05) is 39.0 Å². The molecule has 0 saturated heterocycles. The monoisotopic (exact) mass is 288 g/mol. The number of ketones is 1. The summed E-state index contributed by atoms with van der Waals surface area (Å²) in [7, 11) is 0. The molecule has 3 N–H and O–H groups in total. The number of carbonyl (C=O) groups excluding carboxylic acids is 1. The van der Waals surface area contributed by atoms with E-state index in [0.717, 1.165) is 19.3 Å². The Morgan fingerprint density at radius 2 is 1.85 bits per heavy atom. The molecule has 0 bridgehead atoms. The summed E-state index contributed by atoms with van der Waals surface area (Å²) in [4.78, 5) is 11.6. The first-order chi connectivity index (χ1) is 9.61. The number of Topliss-reactive ketones (excluding diaryl/α,β-unsaturated/α-hetero) is 1. The molecule has 1 aliphatic rings. The first-order valence-electron chi connectivity index (χ1n) is 7.14. The van der Waals surface area contributed by atoms with Crippen molar-refractivity contribution in [3.63, 3.8) is 0 Å². The number of aliphatic hydroxyl groups excluding tert-OH is 3. The van der Waals surface area contributed by atoms with Gasteiger partial charge in [0.25, 0.3) is 6.29 Å². The lowest BCUT2D eigenvalue weighted by Gasteiger charge is -2.27. The number of rotatable bonds is 9. The van der Waals surface area contributed by atoms with E-state index < -0.39 is 30.5 Å². The molecule has 6 nitrogen and oxygen atoms in total. The number of ether oxygens (including phenoxy) is 2. The lowest BCUT2D eigenvalue weighted by atomic mass is 10.1. The van der Waals surface area contributed by atoms with Crippen molar-refractivity contribution in [2.75, 3.05) is 13.2 Å². The number of hydrogen-bond donors (Lipinski definition) is 3. The van der Waals surface area contributed by atoms with Gasteiger partial charge in [-0.15, -0.1) is 0 Å². The standard InChI is InChI=1S/C14H24O6/c1-2-3-4-5-6-7-8-19-14-13(18)12(17)11(16)10(9-15)20-14/h12,14-17H,2-9H2,1H3/t12-,14?/m0/s1. The molecule has 116 valence electrons. The highest BCUT2D eigenvalue weighted by molar-refractivity contribution is 5.89. The minimum Gasteiger partial charge on any atom is -0.506 e. The molecule has 20 heavy (non-hydrogen) atoms. The molecule has 0 aromatic carbocycles. The number of unbranched alkanes of at least 4 members (excludes halogenated alkanes) is 5. The zero-order valence-electron chi connectivity index (χ0n) is 11.9. The van der Waals surface area contributed by atoms with E-state index in [1.165, 1.54) is 19.3 Å². The van der Waals surface area contributed by atoms with Crippen molar-refractivity contribution in [1.82, 2.24) is 0 Å². The Balaban J connectivity index is 2.29. The van der Waals surface area contributed by atoms with Crippen LogP contribution < -0.4 is 0 Å². The summed E-state index contributed by atoms with van der Waals surface area (Å²) in [5.74, 6) is -1.60. The van der Waals surface area contributed by atoms with Crippen LogP contribution in [0, 0.1) is 0 Å². The minimum atomic E-state index is -1.68. The van der Waals surface area contributed by atoms with Crippen molar-refractivity contribution in [1.29, 1.82) is 0 Å². The molecule has 1 unspecified atom stereocenters. The summed E-state index contributed by atoms with van der Waals surface area (Å²) in [5.41, 5.74) is 0. The SMILES string of the molecule is CCCCCCCCOC1OC(CO)=C(O)[C@H](O)C1=O. The highest BCUT2D eigenvalue weighted by Gasteiger charge is 2.38. The van der Waals surface area contributed by atoms with Crippen molar-refractivity contribution < 1.29 is 29.6 Å². The molecular formula is C14H24O6. The second-order valence-electron chi connectivity index (χ2n) is 4.86. The average Bonchev–Trinajstić information content (AvgIpc) is 2.46. The van der Waals surface area contributed by atoms with Crippen LogP contribution in [0.3, 0.4) is 0 Å². The topological polar surface area (TPSA) is 96.2 Å². The van der Waals surface area contributed by atoms with Crippen molar-refractivity contribution >= 4 is 5.78 Å². The van der Waals surface area contributed by atoms with E-state index in [1.807, 2.05) is 0 Å². The van der Waals surface area contributed by atoms with Gasteiger partial charge >= 0.3 is 0 Å². The van der Waals surface area contributed by atoms with Gasteiger partial charge in [0.15, 0.2) is 17.6 Å². The number of aliphatic hydroxyl groups is 3. The minimum absolute atomic E-state index is 0.218. The van der Waals surface area contributed by atoms with Gasteiger partial charge in [-0.25, -0.2) is 0 Å². The second-order valence-corrected chi connectivity index (χ2v) is 4.86. The van der Waals surface area contributed by atoms with Gasteiger partial charge in [-0.05, 0) is 6.42 Å².